The van der Waals surface area contributed by atoms with Crippen LogP contribution in [-0.2, 0) is 14.9 Å². The molecule has 0 unspecified atom stereocenters. The van der Waals surface area contributed by atoms with E-state index >= 15 is 0 Å². The maximum atomic E-state index is 12.2. The maximum absolute atomic E-state index is 12.2. The highest BCUT2D eigenvalue weighted by molar-refractivity contribution is 7.85. The number of ketones is 1. The lowest BCUT2D eigenvalue weighted by atomic mass is 10.0. The highest BCUT2D eigenvalue weighted by Crippen LogP contribution is 2.19. The third-order valence-corrected chi connectivity index (χ3v) is 5.29. The molecule has 0 aliphatic carbocycles. The number of ether oxygens (including phenoxy) is 1. The summed E-state index contributed by atoms with van der Waals surface area (Å²) in [4.78, 5) is 12.1. The van der Waals surface area contributed by atoms with Gasteiger partial charge in [-0.3, -0.25) is 4.79 Å². The summed E-state index contributed by atoms with van der Waals surface area (Å²) in [5, 5.41) is 2.04. The Morgan fingerprint density at radius 3 is 2.17 bits per heavy atom. The van der Waals surface area contributed by atoms with Gasteiger partial charge in [-0.1, -0.05) is 60.2 Å². The number of rotatable bonds is 4. The molecule has 6 nitrogen and oxygen atoms in total. The van der Waals surface area contributed by atoms with Gasteiger partial charge in [-0.05, 0) is 29.8 Å². The van der Waals surface area contributed by atoms with Crippen molar-refractivity contribution in [3.05, 3.63) is 77.9 Å². The summed E-state index contributed by atoms with van der Waals surface area (Å²) in [5.41, 5.74) is 1.64. The van der Waals surface area contributed by atoms with E-state index in [4.69, 9.17) is 4.74 Å². The minimum absolute atomic E-state index is 0.00185. The summed E-state index contributed by atoms with van der Waals surface area (Å²) in [6.07, 6.45) is 0. The second-order valence-corrected chi connectivity index (χ2v) is 8.30. The lowest BCUT2D eigenvalue weighted by Crippen LogP contribution is -2.18. The van der Waals surface area contributed by atoms with E-state index in [1.807, 2.05) is 75.0 Å². The quantitative estimate of drug-likeness (QED) is 0.209. The molecule has 0 amide bonds. The van der Waals surface area contributed by atoms with Crippen LogP contribution < -0.4 is 0 Å². The Bertz CT molecular complexity index is 1160. The van der Waals surface area contributed by atoms with Gasteiger partial charge in [-0.2, -0.15) is 0 Å². The van der Waals surface area contributed by atoms with Gasteiger partial charge in [0.15, 0.2) is 6.61 Å². The van der Waals surface area contributed by atoms with Gasteiger partial charge < -0.3 is 9.29 Å². The number of hydrogen-bond donors (Lipinski definition) is 0. The van der Waals surface area contributed by atoms with Crippen LogP contribution in [-0.4, -0.2) is 49.9 Å². The number of Topliss-reactive ketones (excluding diaryl/α,β-unsaturated/α-hetero) is 1. The van der Waals surface area contributed by atoms with Gasteiger partial charge in [0.05, 0.1) is 11.8 Å². The summed E-state index contributed by atoms with van der Waals surface area (Å²) >= 11 is 0. The Kier molecular flexibility index (Phi) is 7.86. The molecule has 0 bridgehead atoms. The molecule has 3 aromatic rings. The Balaban J connectivity index is 0.000000248. The van der Waals surface area contributed by atoms with Crippen molar-refractivity contribution in [2.45, 2.75) is 18.7 Å². The monoisotopic (exact) mass is 427 g/mol. The van der Waals surface area contributed by atoms with Crippen molar-refractivity contribution in [1.82, 2.24) is 0 Å². The van der Waals surface area contributed by atoms with Gasteiger partial charge in [0.2, 0.25) is 5.78 Å². The standard InChI is InChI=1S/C16H18NO2.C7H8O3S/c1-12(17(2)3)19-11-16(18)15-10-6-8-13-7-4-5-9-14(13)15;1-6-2-4-7(5-3-6)11(8,9)10/h4-10H,11H2,1-3H3;2-5H,1H3,(H,8,9,10)/q+1;/p-1. The molecule has 0 saturated carbocycles. The first-order valence-corrected chi connectivity index (χ1v) is 10.7. The molecule has 30 heavy (non-hydrogen) atoms. The summed E-state index contributed by atoms with van der Waals surface area (Å²) in [7, 11) is -0.496. The molecule has 0 heterocycles. The molecule has 0 atom stereocenters. The SMILES string of the molecule is CC(OCC(=O)c1cccc2ccccc12)=[N+](C)C.Cc1ccc(S(=O)(=O)[O-])cc1. The average molecular weight is 428 g/mol. The molecule has 3 aromatic carbocycles. The van der Waals surface area contributed by atoms with Crippen molar-refractivity contribution in [3.8, 4) is 0 Å². The van der Waals surface area contributed by atoms with Gasteiger partial charge in [0.1, 0.15) is 24.2 Å². The Morgan fingerprint density at radius 1 is 0.967 bits per heavy atom. The Labute approximate surface area is 177 Å². The zero-order valence-corrected chi connectivity index (χ0v) is 18.3. The first-order chi connectivity index (χ1) is 14.1. The highest BCUT2D eigenvalue weighted by Gasteiger charge is 2.12. The number of hydrogen-bond acceptors (Lipinski definition) is 5. The van der Waals surface area contributed by atoms with E-state index in [0.717, 1.165) is 22.2 Å². The number of carbonyl (C=O) groups excluding carboxylic acids is 1. The molecule has 158 valence electrons. The Morgan fingerprint density at radius 2 is 1.57 bits per heavy atom. The highest BCUT2D eigenvalue weighted by atomic mass is 32.2. The molecule has 0 radical (unpaired) electrons. The fraction of sp³-hybridized carbons (Fsp3) is 0.217. The van der Waals surface area contributed by atoms with Crippen LogP contribution >= 0.6 is 0 Å². The predicted molar refractivity (Wildman–Crippen MR) is 116 cm³/mol. The molecule has 0 aliphatic heterocycles. The summed E-state index contributed by atoms with van der Waals surface area (Å²) in [6, 6.07) is 19.4. The minimum atomic E-state index is -4.27. The zero-order valence-electron chi connectivity index (χ0n) is 17.5. The number of aryl methyl sites for hydroxylation is 1. The van der Waals surface area contributed by atoms with Gasteiger partial charge in [-0.15, -0.1) is 0 Å². The van der Waals surface area contributed by atoms with Gasteiger partial charge in [0, 0.05) is 5.56 Å². The molecule has 0 saturated heterocycles. The normalized spacial score (nSPS) is 10.7. The van der Waals surface area contributed by atoms with Crippen LogP contribution in [0.1, 0.15) is 22.8 Å². The Hall–Kier alpha value is -3.03. The topological polar surface area (TPSA) is 86.5 Å². The van der Waals surface area contributed by atoms with E-state index < -0.39 is 10.1 Å². The van der Waals surface area contributed by atoms with Gasteiger partial charge in [-0.25, -0.2) is 13.0 Å². The minimum Gasteiger partial charge on any atom is -0.744 e. The second kappa shape index (κ2) is 10.1. The van der Waals surface area contributed by atoms with Crippen LogP contribution in [0.5, 0.6) is 0 Å². The molecule has 0 aliphatic rings. The number of carbonyl (C=O) groups is 1. The van der Waals surface area contributed by atoms with E-state index in [0.29, 0.717) is 5.56 Å². The number of fused-ring (bicyclic) bond motifs is 1. The van der Waals surface area contributed by atoms with Crippen molar-refractivity contribution in [2.24, 2.45) is 0 Å². The van der Waals surface area contributed by atoms with Crippen molar-refractivity contribution in [1.29, 1.82) is 0 Å². The molecule has 7 heteroatoms. The van der Waals surface area contributed by atoms with Crippen molar-refractivity contribution >= 4 is 32.6 Å². The average Bonchev–Trinajstić information content (AvgIpc) is 2.71. The first-order valence-electron chi connectivity index (χ1n) is 9.27. The summed E-state index contributed by atoms with van der Waals surface area (Å²) < 4.78 is 38.5. The van der Waals surface area contributed by atoms with E-state index in [9.17, 15) is 17.8 Å². The third kappa shape index (κ3) is 6.50. The molecule has 0 N–H and O–H groups in total. The van der Waals surface area contributed by atoms with Crippen LogP contribution in [0.25, 0.3) is 10.8 Å². The molecular weight excluding hydrogens is 402 g/mol. The van der Waals surface area contributed by atoms with Crippen molar-refractivity contribution < 1.29 is 27.1 Å². The zero-order chi connectivity index (χ0) is 22.3. The number of nitrogens with zero attached hydrogens (tertiary/aromatic N) is 1. The first kappa shape index (κ1) is 23.3. The lowest BCUT2D eigenvalue weighted by molar-refractivity contribution is -0.474. The lowest BCUT2D eigenvalue weighted by Gasteiger charge is -2.06. The van der Waals surface area contributed by atoms with Gasteiger partial charge in [0.25, 0.3) is 0 Å². The third-order valence-electron chi connectivity index (χ3n) is 4.44. The van der Waals surface area contributed by atoms with Crippen molar-refractivity contribution in [3.63, 3.8) is 0 Å². The molecule has 0 aromatic heterocycles. The molecule has 0 fully saturated rings. The molecule has 3 rings (SSSR count). The predicted octanol–water partition coefficient (Wildman–Crippen LogP) is 3.63. The van der Waals surface area contributed by atoms with Crippen LogP contribution in [0.3, 0.4) is 0 Å². The van der Waals surface area contributed by atoms with Crippen molar-refractivity contribution in [2.75, 3.05) is 20.7 Å². The van der Waals surface area contributed by atoms with Crippen LogP contribution in [0.15, 0.2) is 71.6 Å². The van der Waals surface area contributed by atoms with E-state index in [-0.39, 0.29) is 17.3 Å². The van der Waals surface area contributed by atoms with Crippen LogP contribution in [0.4, 0.5) is 0 Å². The fourth-order valence-electron chi connectivity index (χ4n) is 2.55. The molecule has 0 spiro atoms. The van der Waals surface area contributed by atoms with Crippen LogP contribution in [0, 0.1) is 6.92 Å². The fourth-order valence-corrected chi connectivity index (χ4v) is 3.02. The smallest absolute Gasteiger partial charge is 0.333 e. The maximum Gasteiger partial charge on any atom is 0.333 e. The molecular formula is C23H25NO5S. The van der Waals surface area contributed by atoms with E-state index in [1.165, 1.54) is 12.1 Å². The van der Waals surface area contributed by atoms with Gasteiger partial charge >= 0.3 is 5.90 Å². The van der Waals surface area contributed by atoms with E-state index in [1.54, 1.807) is 12.1 Å². The summed E-state index contributed by atoms with van der Waals surface area (Å²) in [5.74, 6) is 0.728. The summed E-state index contributed by atoms with van der Waals surface area (Å²) in [6.45, 7) is 3.73. The number of benzene rings is 3. The van der Waals surface area contributed by atoms with Crippen LogP contribution in [0.2, 0.25) is 0 Å². The second-order valence-electron chi connectivity index (χ2n) is 6.92. The van der Waals surface area contributed by atoms with E-state index in [2.05, 4.69) is 0 Å². The largest absolute Gasteiger partial charge is 0.744 e.